The molecule has 0 aliphatic heterocycles. The molecule has 26 heavy (non-hydrogen) atoms. The van der Waals surface area contributed by atoms with Crippen LogP contribution in [0.5, 0.6) is 11.5 Å². The van der Waals surface area contributed by atoms with Crippen LogP contribution >= 0.6 is 31.9 Å². The minimum Gasteiger partial charge on any atom is -0.507 e. The summed E-state index contributed by atoms with van der Waals surface area (Å²) in [6.07, 6.45) is 1.37. The van der Waals surface area contributed by atoms with E-state index in [1.54, 1.807) is 12.1 Å². The second kappa shape index (κ2) is 8.33. The van der Waals surface area contributed by atoms with Crippen LogP contribution in [0.15, 0.2) is 68.6 Å². The summed E-state index contributed by atoms with van der Waals surface area (Å²) < 4.78 is 7.16. The van der Waals surface area contributed by atoms with Gasteiger partial charge in [-0.25, -0.2) is 5.43 Å². The normalized spacial score (nSPS) is 11.0. The highest BCUT2D eigenvalue weighted by Crippen LogP contribution is 2.32. The SMILES string of the molecule is O=C(COc1ccc2ccccc2c1Br)NN=Cc1cc(Br)ccc1O. The Morgan fingerprint density at radius 2 is 1.96 bits per heavy atom. The lowest BCUT2D eigenvalue weighted by molar-refractivity contribution is -0.123. The minimum atomic E-state index is -0.407. The first kappa shape index (κ1) is 18.4. The van der Waals surface area contributed by atoms with Gasteiger partial charge in [-0.1, -0.05) is 46.3 Å². The van der Waals surface area contributed by atoms with Gasteiger partial charge in [0.15, 0.2) is 6.61 Å². The lowest BCUT2D eigenvalue weighted by atomic mass is 10.1. The molecular weight excluding hydrogens is 464 g/mol. The van der Waals surface area contributed by atoms with Crippen molar-refractivity contribution in [2.45, 2.75) is 0 Å². The van der Waals surface area contributed by atoms with Crippen LogP contribution < -0.4 is 10.2 Å². The lowest BCUT2D eigenvalue weighted by Crippen LogP contribution is -2.24. The molecule has 7 heteroatoms. The van der Waals surface area contributed by atoms with Crippen molar-refractivity contribution in [3.05, 3.63) is 69.1 Å². The zero-order valence-electron chi connectivity index (χ0n) is 13.4. The maximum absolute atomic E-state index is 11.9. The largest absolute Gasteiger partial charge is 0.507 e. The van der Waals surface area contributed by atoms with E-state index in [-0.39, 0.29) is 12.4 Å². The Labute approximate surface area is 166 Å². The van der Waals surface area contributed by atoms with Gasteiger partial charge in [-0.3, -0.25) is 4.79 Å². The lowest BCUT2D eigenvalue weighted by Gasteiger charge is -2.09. The molecule has 5 nitrogen and oxygen atoms in total. The van der Waals surface area contributed by atoms with Crippen LogP contribution in [0.25, 0.3) is 10.8 Å². The van der Waals surface area contributed by atoms with Gasteiger partial charge in [-0.05, 0) is 51.0 Å². The van der Waals surface area contributed by atoms with Crippen molar-refractivity contribution in [1.82, 2.24) is 5.43 Å². The molecule has 0 heterocycles. The van der Waals surface area contributed by atoms with Crippen LogP contribution in [-0.4, -0.2) is 23.8 Å². The first-order valence-electron chi connectivity index (χ1n) is 7.65. The number of carbonyl (C=O) groups excluding carboxylic acids is 1. The standard InChI is InChI=1S/C19H14Br2N2O3/c20-14-6-7-16(24)13(9-14)10-22-23-18(25)11-26-17-8-5-12-3-1-2-4-15(12)19(17)21/h1-10,24H,11H2,(H,23,25). The summed E-state index contributed by atoms with van der Waals surface area (Å²) in [5.41, 5.74) is 2.85. The molecule has 132 valence electrons. The maximum Gasteiger partial charge on any atom is 0.277 e. The zero-order valence-corrected chi connectivity index (χ0v) is 16.6. The van der Waals surface area contributed by atoms with Crippen molar-refractivity contribution in [2.24, 2.45) is 5.10 Å². The zero-order chi connectivity index (χ0) is 18.5. The number of halogens is 2. The molecule has 0 aromatic heterocycles. The van der Waals surface area contributed by atoms with Gasteiger partial charge >= 0.3 is 0 Å². The van der Waals surface area contributed by atoms with Crippen molar-refractivity contribution in [3.63, 3.8) is 0 Å². The number of ether oxygens (including phenoxy) is 1. The second-order valence-electron chi connectivity index (χ2n) is 5.38. The smallest absolute Gasteiger partial charge is 0.277 e. The summed E-state index contributed by atoms with van der Waals surface area (Å²) in [7, 11) is 0. The van der Waals surface area contributed by atoms with Crippen molar-refractivity contribution in [1.29, 1.82) is 0 Å². The molecule has 0 bridgehead atoms. The van der Waals surface area contributed by atoms with E-state index < -0.39 is 5.91 Å². The number of nitrogens with zero attached hydrogens (tertiary/aromatic N) is 1. The molecule has 0 saturated carbocycles. The minimum absolute atomic E-state index is 0.0718. The second-order valence-corrected chi connectivity index (χ2v) is 7.09. The van der Waals surface area contributed by atoms with Crippen molar-refractivity contribution < 1.29 is 14.6 Å². The number of phenols is 1. The van der Waals surface area contributed by atoms with E-state index in [2.05, 4.69) is 42.4 Å². The van der Waals surface area contributed by atoms with Crippen LogP contribution in [0.1, 0.15) is 5.56 Å². The fraction of sp³-hybridized carbons (Fsp3) is 0.0526. The summed E-state index contributed by atoms with van der Waals surface area (Å²) >= 11 is 6.82. The summed E-state index contributed by atoms with van der Waals surface area (Å²) in [5.74, 6) is 0.241. The molecule has 0 aliphatic carbocycles. The van der Waals surface area contributed by atoms with E-state index in [4.69, 9.17) is 4.74 Å². The van der Waals surface area contributed by atoms with Gasteiger partial charge in [-0.2, -0.15) is 5.10 Å². The van der Waals surface area contributed by atoms with Crippen LogP contribution in [0.2, 0.25) is 0 Å². The first-order valence-corrected chi connectivity index (χ1v) is 9.23. The number of carbonyl (C=O) groups is 1. The molecule has 0 unspecified atom stereocenters. The summed E-state index contributed by atoms with van der Waals surface area (Å²) in [6, 6.07) is 16.6. The van der Waals surface area contributed by atoms with Gasteiger partial charge in [0.1, 0.15) is 11.5 Å². The average molecular weight is 478 g/mol. The molecule has 0 saturated heterocycles. The Hall–Kier alpha value is -2.38. The quantitative estimate of drug-likeness (QED) is 0.416. The van der Waals surface area contributed by atoms with Crippen molar-refractivity contribution >= 4 is 54.8 Å². The number of nitrogens with one attached hydrogen (secondary N) is 1. The Balaban J connectivity index is 1.60. The highest BCUT2D eigenvalue weighted by Gasteiger charge is 2.08. The van der Waals surface area contributed by atoms with E-state index in [1.807, 2.05) is 36.4 Å². The molecule has 2 N–H and O–H groups in total. The Morgan fingerprint density at radius 3 is 2.81 bits per heavy atom. The third kappa shape index (κ3) is 4.42. The Bertz CT molecular complexity index is 990. The third-order valence-corrected chi connectivity index (χ3v) is 4.88. The number of phenolic OH excluding ortho intramolecular Hbond substituents is 1. The molecule has 0 atom stereocenters. The third-order valence-electron chi connectivity index (χ3n) is 3.57. The van der Waals surface area contributed by atoms with Crippen molar-refractivity contribution in [2.75, 3.05) is 6.61 Å². The van der Waals surface area contributed by atoms with E-state index in [9.17, 15) is 9.90 Å². The van der Waals surface area contributed by atoms with Gasteiger partial charge in [0.2, 0.25) is 0 Å². The van der Waals surface area contributed by atoms with Gasteiger partial charge in [0.25, 0.3) is 5.91 Å². The Kier molecular flexibility index (Phi) is 5.90. The van der Waals surface area contributed by atoms with Crippen molar-refractivity contribution in [3.8, 4) is 11.5 Å². The summed E-state index contributed by atoms with van der Waals surface area (Å²) in [5, 5.41) is 15.6. The van der Waals surface area contributed by atoms with Crippen LogP contribution in [0.4, 0.5) is 0 Å². The van der Waals surface area contributed by atoms with Crippen LogP contribution in [0, 0.1) is 0 Å². The Morgan fingerprint density at radius 1 is 1.15 bits per heavy atom. The fourth-order valence-corrected chi connectivity index (χ4v) is 3.29. The summed E-state index contributed by atoms with van der Waals surface area (Å²) in [4.78, 5) is 11.9. The predicted octanol–water partition coefficient (Wildman–Crippen LogP) is 4.60. The number of amides is 1. The van der Waals surface area contributed by atoms with E-state index in [0.29, 0.717) is 11.3 Å². The van der Waals surface area contributed by atoms with Crippen LogP contribution in [0.3, 0.4) is 0 Å². The molecule has 0 spiro atoms. The molecule has 3 rings (SSSR count). The number of hydrogen-bond donors (Lipinski definition) is 2. The predicted molar refractivity (Wildman–Crippen MR) is 109 cm³/mol. The van der Waals surface area contributed by atoms with E-state index >= 15 is 0 Å². The number of fused-ring (bicyclic) bond motifs is 1. The molecule has 3 aromatic rings. The molecule has 0 aliphatic rings. The van der Waals surface area contributed by atoms with E-state index in [1.165, 1.54) is 12.3 Å². The molecule has 0 radical (unpaired) electrons. The number of rotatable bonds is 5. The summed E-state index contributed by atoms with van der Waals surface area (Å²) in [6.45, 7) is -0.182. The first-order chi connectivity index (χ1) is 12.5. The maximum atomic E-state index is 11.9. The highest BCUT2D eigenvalue weighted by atomic mass is 79.9. The van der Waals surface area contributed by atoms with Crippen LogP contribution in [-0.2, 0) is 4.79 Å². The number of benzene rings is 3. The number of aromatic hydroxyl groups is 1. The molecule has 1 amide bonds. The van der Waals surface area contributed by atoms with Gasteiger partial charge in [-0.15, -0.1) is 0 Å². The highest BCUT2D eigenvalue weighted by molar-refractivity contribution is 9.11. The molecule has 3 aromatic carbocycles. The van der Waals surface area contributed by atoms with E-state index in [0.717, 1.165) is 19.7 Å². The van der Waals surface area contributed by atoms with Gasteiger partial charge in [0, 0.05) is 10.0 Å². The molecule has 0 fully saturated rings. The average Bonchev–Trinajstić information content (AvgIpc) is 2.64. The number of hydrazone groups is 1. The number of hydrogen-bond acceptors (Lipinski definition) is 4. The van der Waals surface area contributed by atoms with Gasteiger partial charge in [0.05, 0.1) is 10.7 Å². The topological polar surface area (TPSA) is 70.9 Å². The molecular formula is C19H14Br2N2O3. The monoisotopic (exact) mass is 476 g/mol. The fourth-order valence-electron chi connectivity index (χ4n) is 2.30. The van der Waals surface area contributed by atoms with Gasteiger partial charge < -0.3 is 9.84 Å².